The summed E-state index contributed by atoms with van der Waals surface area (Å²) in [5, 5.41) is 76.7. The highest BCUT2D eigenvalue weighted by molar-refractivity contribution is 5.81. The van der Waals surface area contributed by atoms with Crippen LogP contribution in [0.5, 0.6) is 23.0 Å². The van der Waals surface area contributed by atoms with Crippen LogP contribution < -0.4 is 15.4 Å². The molecule has 3 aromatic rings. The third-order valence-electron chi connectivity index (χ3n) is 17.3. The fourth-order valence-corrected chi connectivity index (χ4v) is 15.5. The largest absolute Gasteiger partial charge is 0.504 e. The maximum Gasteiger partial charge on any atom is 0.160 e. The van der Waals surface area contributed by atoms with Gasteiger partial charge in [-0.15, -0.1) is 0 Å². The maximum atomic E-state index is 15.4. The van der Waals surface area contributed by atoms with Crippen molar-refractivity contribution in [1.29, 1.82) is 0 Å². The van der Waals surface area contributed by atoms with E-state index in [1.807, 2.05) is 31.3 Å². The van der Waals surface area contributed by atoms with Crippen molar-refractivity contribution >= 4 is 5.78 Å². The molecule has 3 aromatic carbocycles. The van der Waals surface area contributed by atoms with Gasteiger partial charge in [0.2, 0.25) is 0 Å². The molecule has 4 fully saturated rings. The number of aromatic hydroxyl groups is 3. The van der Waals surface area contributed by atoms with E-state index in [2.05, 4.69) is 46.8 Å². The number of Topliss-reactive ketones (excluding diaryl/α,β-unsaturated/α-hetero) is 1. The van der Waals surface area contributed by atoms with Crippen molar-refractivity contribution < 1.29 is 40.2 Å². The average Bonchev–Trinajstić information content (AvgIpc) is 3.25. The maximum absolute atomic E-state index is 15.4. The number of aliphatic hydroxyl groups excluding tert-OH is 2. The van der Waals surface area contributed by atoms with E-state index in [0.717, 1.165) is 48.9 Å². The fourth-order valence-electron chi connectivity index (χ4n) is 15.5. The zero-order valence-electron chi connectivity index (χ0n) is 35.2. The third-order valence-corrected chi connectivity index (χ3v) is 17.3. The number of phenols is 3. The Bertz CT molecular complexity index is 2320. The minimum absolute atomic E-state index is 0.0389. The van der Waals surface area contributed by atoms with Crippen LogP contribution in [0.4, 0.5) is 0 Å². The molecule has 10 heteroatoms. The van der Waals surface area contributed by atoms with Crippen molar-refractivity contribution in [2.45, 2.75) is 92.8 Å². The molecule has 13 atom stereocenters. The van der Waals surface area contributed by atoms with Crippen molar-refractivity contribution in [3.63, 3.8) is 0 Å². The number of hydrogen-bond donors (Lipinski definition) is 8. The van der Waals surface area contributed by atoms with Crippen LogP contribution >= 0.6 is 0 Å². The lowest BCUT2D eigenvalue weighted by atomic mass is 9.23. The number of hydrogen-bond acceptors (Lipinski definition) is 10. The Morgan fingerprint density at radius 3 is 2.54 bits per heavy atom. The molecule has 8 N–H and O–H groups in total. The molecule has 1 saturated heterocycles. The lowest BCUT2D eigenvalue weighted by Gasteiger charge is -2.83. The van der Waals surface area contributed by atoms with Gasteiger partial charge in [0.15, 0.2) is 23.0 Å². The number of carbonyl (C=O) groups is 1. The van der Waals surface area contributed by atoms with E-state index in [4.69, 9.17) is 4.74 Å². The van der Waals surface area contributed by atoms with Crippen molar-refractivity contribution in [3.8, 4) is 34.8 Å². The van der Waals surface area contributed by atoms with E-state index in [0.29, 0.717) is 42.9 Å². The van der Waals surface area contributed by atoms with E-state index in [-0.39, 0.29) is 84.4 Å². The van der Waals surface area contributed by atoms with E-state index in [9.17, 15) is 30.6 Å². The van der Waals surface area contributed by atoms with E-state index in [1.165, 1.54) is 13.2 Å². The predicted octanol–water partition coefficient (Wildman–Crippen LogP) is 5.57. The van der Waals surface area contributed by atoms with Crippen molar-refractivity contribution in [2.75, 3.05) is 33.9 Å². The van der Waals surface area contributed by atoms with Gasteiger partial charge in [0.1, 0.15) is 5.78 Å². The summed E-state index contributed by atoms with van der Waals surface area (Å²) in [5.41, 5.74) is 0.950. The SMILES string of the molecule is CNC[C@@H]1C[C@H]2CC[C@@]34NC[C@H]5C#C[C@@H](Cc6ccccc6)[C@H](c6cc(OC)c(O)cc6CO)CC(=O)C[C@@]6(O)[C@H](CCCO)[C@@H]3C=C[C@@]23C[C@@H]1c1cc(O)c(O)cc1[C@]34[C@@H]56. The summed E-state index contributed by atoms with van der Waals surface area (Å²) >= 11 is 0. The number of allylic oxidation sites excluding steroid dienone is 1. The number of nitrogens with one attached hydrogen (secondary N) is 2. The predicted molar refractivity (Wildman–Crippen MR) is 230 cm³/mol. The van der Waals surface area contributed by atoms with Crippen molar-refractivity contribution in [3.05, 3.63) is 94.6 Å². The Labute approximate surface area is 358 Å². The van der Waals surface area contributed by atoms with Crippen molar-refractivity contribution in [2.24, 2.45) is 46.8 Å². The van der Waals surface area contributed by atoms with E-state index < -0.39 is 39.7 Å². The van der Waals surface area contributed by atoms with Gasteiger partial charge in [-0.2, -0.15) is 0 Å². The highest BCUT2D eigenvalue weighted by Gasteiger charge is 2.84. The van der Waals surface area contributed by atoms with Gasteiger partial charge in [-0.1, -0.05) is 54.3 Å². The molecule has 322 valence electrons. The first kappa shape index (κ1) is 40.7. The van der Waals surface area contributed by atoms with Crippen LogP contribution in [0.2, 0.25) is 0 Å². The summed E-state index contributed by atoms with van der Waals surface area (Å²) < 4.78 is 5.58. The van der Waals surface area contributed by atoms with Gasteiger partial charge in [0.05, 0.1) is 19.3 Å². The topological polar surface area (TPSA) is 172 Å². The van der Waals surface area contributed by atoms with Gasteiger partial charge >= 0.3 is 0 Å². The molecule has 0 aromatic heterocycles. The minimum atomic E-state index is -1.55. The first-order chi connectivity index (χ1) is 29.5. The number of aliphatic hydroxyl groups is 3. The van der Waals surface area contributed by atoms with Crippen LogP contribution in [-0.2, 0) is 23.2 Å². The second-order valence-corrected chi connectivity index (χ2v) is 19.7. The number of fused-ring (bicyclic) bond motifs is 3. The van der Waals surface area contributed by atoms with E-state index in [1.54, 1.807) is 12.1 Å². The van der Waals surface area contributed by atoms with Gasteiger partial charge < -0.3 is 46.0 Å². The highest BCUT2D eigenvalue weighted by Crippen LogP contribution is 2.82. The molecule has 7 aliphatic rings. The molecule has 6 bridgehead atoms. The Morgan fingerprint density at radius 2 is 1.79 bits per heavy atom. The minimum Gasteiger partial charge on any atom is -0.504 e. The van der Waals surface area contributed by atoms with Gasteiger partial charge in [-0.3, -0.25) is 4.79 Å². The van der Waals surface area contributed by atoms with Crippen LogP contribution in [0.25, 0.3) is 0 Å². The number of ether oxygens (including phenoxy) is 1. The Kier molecular flexibility index (Phi) is 9.92. The molecule has 2 spiro atoms. The van der Waals surface area contributed by atoms with Crippen LogP contribution in [0, 0.1) is 58.7 Å². The number of ketones is 1. The smallest absolute Gasteiger partial charge is 0.160 e. The van der Waals surface area contributed by atoms with Crippen LogP contribution in [0.1, 0.15) is 91.0 Å². The first-order valence-corrected chi connectivity index (χ1v) is 22.6. The molecule has 0 radical (unpaired) electrons. The molecule has 1 heterocycles. The number of rotatable bonds is 10. The normalized spacial score (nSPS) is 38.8. The Balaban J connectivity index is 1.25. The van der Waals surface area contributed by atoms with Gasteiger partial charge in [0, 0.05) is 72.0 Å². The van der Waals surface area contributed by atoms with E-state index >= 15 is 4.79 Å². The summed E-state index contributed by atoms with van der Waals surface area (Å²) in [6.07, 6.45) is 10.0. The fraction of sp³-hybridized carbons (Fsp3) is 0.549. The molecule has 3 saturated carbocycles. The Hall–Kier alpha value is -4.37. The van der Waals surface area contributed by atoms with Crippen LogP contribution in [0.3, 0.4) is 0 Å². The molecule has 1 aliphatic heterocycles. The summed E-state index contributed by atoms with van der Waals surface area (Å²) in [4.78, 5) is 15.4. The molecular formula is C51H60N2O8. The lowest BCUT2D eigenvalue weighted by molar-refractivity contribution is -0.276. The molecule has 6 aliphatic carbocycles. The number of phenolic OH excluding ortho intramolecular Hbond substituents is 3. The first-order valence-electron chi connectivity index (χ1n) is 22.6. The molecule has 61 heavy (non-hydrogen) atoms. The quantitative estimate of drug-likeness (QED) is 0.0735. The average molecular weight is 829 g/mol. The number of carbonyl (C=O) groups excluding carboxylic acids is 1. The number of methoxy groups -OCH3 is 1. The summed E-state index contributed by atoms with van der Waals surface area (Å²) in [6, 6.07) is 17.0. The second-order valence-electron chi connectivity index (χ2n) is 19.7. The molecular weight excluding hydrogens is 769 g/mol. The van der Waals surface area contributed by atoms with Crippen LogP contribution in [0.15, 0.2) is 66.7 Å². The summed E-state index contributed by atoms with van der Waals surface area (Å²) in [6.45, 7) is 0.944. The molecule has 10 rings (SSSR count). The molecule has 10 nitrogen and oxygen atoms in total. The van der Waals surface area contributed by atoms with Gasteiger partial charge in [-0.05, 0) is 134 Å². The Morgan fingerprint density at radius 1 is 0.984 bits per heavy atom. The standard InChI is InChI=1S/C51H60N2O8/c1-52-26-32-18-34-12-15-50-41-13-14-48(34)25-39(32)38-21-43(57)44(58)23-42(38)51(48,50)47-31(27-53-50)11-10-30(17-29-7-4-3-5-8-29)36(37-22-46(61-2)45(59)19-33(37)28-55)20-35(56)24-49(47,60)40(41)9-6-16-54/h3-5,7-8,13-14,19,21-23,30-32,34,36,39-41,47,52-55,57-60H,6,9,12,15-18,20,24-28H2,1-2H3/t30-,31+,32-,34+,36+,39-,40+,41-,47-,48+,49+,50+,51-/m0/s1. The molecule has 0 amide bonds. The molecule has 0 unspecified atom stereocenters. The van der Waals surface area contributed by atoms with Crippen LogP contribution in [-0.4, -0.2) is 81.4 Å². The highest BCUT2D eigenvalue weighted by atomic mass is 16.5. The zero-order valence-corrected chi connectivity index (χ0v) is 35.2. The number of benzene rings is 3. The number of piperidine rings is 1. The lowest BCUT2D eigenvalue weighted by Crippen LogP contribution is -2.89. The second kappa shape index (κ2) is 14.9. The van der Waals surface area contributed by atoms with Gasteiger partial charge in [-0.25, -0.2) is 0 Å². The van der Waals surface area contributed by atoms with Gasteiger partial charge in [0.25, 0.3) is 0 Å². The third kappa shape index (κ3) is 5.56. The zero-order chi connectivity index (χ0) is 42.5. The summed E-state index contributed by atoms with van der Waals surface area (Å²) in [7, 11) is 3.48. The monoisotopic (exact) mass is 828 g/mol. The summed E-state index contributed by atoms with van der Waals surface area (Å²) in [5.74, 6) is 5.68. The van der Waals surface area contributed by atoms with Crippen molar-refractivity contribution in [1.82, 2.24) is 10.6 Å².